The number of carbonyl (C=O) groups excluding carboxylic acids is 3. The Morgan fingerprint density at radius 2 is 2.04 bits per heavy atom. The number of imide groups is 2. The Bertz CT molecular complexity index is 848. The van der Waals surface area contributed by atoms with Gasteiger partial charge in [0.25, 0.3) is 5.91 Å². The summed E-state index contributed by atoms with van der Waals surface area (Å²) in [7, 11) is 0. The maximum absolute atomic E-state index is 12.6. The van der Waals surface area contributed by atoms with Crippen molar-refractivity contribution in [2.24, 2.45) is 10.9 Å². The molecule has 3 rings (SSSR count). The second kappa shape index (κ2) is 7.04. The van der Waals surface area contributed by atoms with Crippen molar-refractivity contribution in [1.82, 2.24) is 10.3 Å². The summed E-state index contributed by atoms with van der Waals surface area (Å²) in [6.45, 7) is 2.10. The molecular formula is C18H16N4O3. The number of rotatable bonds is 4. The van der Waals surface area contributed by atoms with Crippen LogP contribution in [0.25, 0.3) is 0 Å². The largest absolute Gasteiger partial charge is 0.335 e. The van der Waals surface area contributed by atoms with Gasteiger partial charge in [-0.05, 0) is 36.8 Å². The number of nitrogens with one attached hydrogen (secondary N) is 1. The Balaban J connectivity index is 1.80. The van der Waals surface area contributed by atoms with Crippen molar-refractivity contribution >= 4 is 29.7 Å². The number of aryl methyl sites for hydroxylation is 1. The van der Waals surface area contributed by atoms with Gasteiger partial charge >= 0.3 is 6.03 Å². The molecule has 1 N–H and O–H groups in total. The van der Waals surface area contributed by atoms with Gasteiger partial charge in [-0.1, -0.05) is 18.2 Å². The summed E-state index contributed by atoms with van der Waals surface area (Å²) in [5.41, 5.74) is 2.03. The second-order valence-corrected chi connectivity index (χ2v) is 5.60. The second-order valence-electron chi connectivity index (χ2n) is 5.60. The Labute approximate surface area is 144 Å². The van der Waals surface area contributed by atoms with Crippen LogP contribution in [0, 0.1) is 12.8 Å². The molecule has 1 atom stereocenters. The lowest BCUT2D eigenvalue weighted by molar-refractivity contribution is -0.131. The third-order valence-corrected chi connectivity index (χ3v) is 3.70. The SMILES string of the molecule is Cc1cccc(N2C(=O)NC(=O)[C@@H](C=NCc3ccccn3)C2=O)c1. The van der Waals surface area contributed by atoms with E-state index in [-0.39, 0.29) is 6.54 Å². The van der Waals surface area contributed by atoms with Crippen molar-refractivity contribution in [3.8, 4) is 0 Å². The molecular weight excluding hydrogens is 320 g/mol. The molecule has 4 amide bonds. The molecule has 1 fully saturated rings. The molecule has 0 aliphatic carbocycles. The van der Waals surface area contributed by atoms with Crippen LogP contribution in [-0.2, 0) is 16.1 Å². The van der Waals surface area contributed by atoms with E-state index in [0.29, 0.717) is 11.4 Å². The predicted octanol–water partition coefficient (Wildman–Crippen LogP) is 1.86. The smallest absolute Gasteiger partial charge is 0.290 e. The molecule has 7 nitrogen and oxygen atoms in total. The minimum atomic E-state index is -1.15. The first-order chi connectivity index (χ1) is 12.1. The monoisotopic (exact) mass is 336 g/mol. The molecule has 126 valence electrons. The zero-order valence-electron chi connectivity index (χ0n) is 13.5. The molecule has 0 bridgehead atoms. The summed E-state index contributed by atoms with van der Waals surface area (Å²) in [5.74, 6) is -2.45. The molecule has 1 aromatic carbocycles. The third kappa shape index (κ3) is 3.60. The molecule has 0 unspecified atom stereocenters. The van der Waals surface area contributed by atoms with Crippen LogP contribution in [0.1, 0.15) is 11.3 Å². The van der Waals surface area contributed by atoms with E-state index < -0.39 is 23.8 Å². The predicted molar refractivity (Wildman–Crippen MR) is 92.1 cm³/mol. The zero-order valence-corrected chi connectivity index (χ0v) is 13.5. The fourth-order valence-electron chi connectivity index (χ4n) is 2.48. The number of nitrogens with zero attached hydrogens (tertiary/aromatic N) is 3. The molecule has 0 saturated carbocycles. The summed E-state index contributed by atoms with van der Waals surface area (Å²) < 4.78 is 0. The van der Waals surface area contributed by atoms with Crippen molar-refractivity contribution in [3.63, 3.8) is 0 Å². The molecule has 1 saturated heterocycles. The van der Waals surface area contributed by atoms with Gasteiger partial charge in [-0.3, -0.25) is 24.9 Å². The van der Waals surface area contributed by atoms with Gasteiger partial charge in [-0.15, -0.1) is 0 Å². The fourth-order valence-corrected chi connectivity index (χ4v) is 2.48. The highest BCUT2D eigenvalue weighted by Gasteiger charge is 2.40. The number of anilines is 1. The van der Waals surface area contributed by atoms with Crippen LogP contribution in [-0.4, -0.2) is 29.0 Å². The van der Waals surface area contributed by atoms with E-state index in [0.717, 1.165) is 10.5 Å². The van der Waals surface area contributed by atoms with Gasteiger partial charge in [-0.2, -0.15) is 0 Å². The lowest BCUT2D eigenvalue weighted by Gasteiger charge is -2.28. The van der Waals surface area contributed by atoms with E-state index in [4.69, 9.17) is 0 Å². The molecule has 0 spiro atoms. The number of aromatic nitrogens is 1. The minimum absolute atomic E-state index is 0.246. The Morgan fingerprint density at radius 3 is 2.76 bits per heavy atom. The van der Waals surface area contributed by atoms with Gasteiger partial charge in [0, 0.05) is 12.4 Å². The van der Waals surface area contributed by atoms with Crippen LogP contribution in [0.2, 0.25) is 0 Å². The number of aliphatic imine (C=N–C) groups is 1. The van der Waals surface area contributed by atoms with E-state index in [1.807, 2.05) is 19.1 Å². The standard InChI is InChI=1S/C18H16N4O3/c1-12-5-4-7-14(9-12)22-17(24)15(16(23)21-18(22)25)11-19-10-13-6-2-3-8-20-13/h2-9,11,15H,10H2,1H3,(H,21,23,25)/t15-/m1/s1. The highest BCUT2D eigenvalue weighted by Crippen LogP contribution is 2.21. The quantitative estimate of drug-likeness (QED) is 0.681. The van der Waals surface area contributed by atoms with Crippen molar-refractivity contribution in [1.29, 1.82) is 0 Å². The van der Waals surface area contributed by atoms with Crippen LogP contribution < -0.4 is 10.2 Å². The highest BCUT2D eigenvalue weighted by atomic mass is 16.2. The summed E-state index contributed by atoms with van der Waals surface area (Å²) in [4.78, 5) is 46.0. The van der Waals surface area contributed by atoms with Crippen molar-refractivity contribution < 1.29 is 14.4 Å². The van der Waals surface area contributed by atoms with Crippen molar-refractivity contribution in [2.75, 3.05) is 4.90 Å². The number of carbonyl (C=O) groups is 3. The molecule has 25 heavy (non-hydrogen) atoms. The molecule has 7 heteroatoms. The average molecular weight is 336 g/mol. The number of hydrogen-bond donors (Lipinski definition) is 1. The maximum atomic E-state index is 12.6. The number of benzene rings is 1. The highest BCUT2D eigenvalue weighted by molar-refractivity contribution is 6.32. The molecule has 1 aliphatic heterocycles. The van der Waals surface area contributed by atoms with Gasteiger partial charge in [0.2, 0.25) is 5.91 Å². The first kappa shape index (κ1) is 16.5. The van der Waals surface area contributed by atoms with Gasteiger partial charge in [-0.25, -0.2) is 9.69 Å². The lowest BCUT2D eigenvalue weighted by Crippen LogP contribution is -2.58. The van der Waals surface area contributed by atoms with Crippen LogP contribution in [0.5, 0.6) is 0 Å². The van der Waals surface area contributed by atoms with Crippen LogP contribution in [0.3, 0.4) is 0 Å². The minimum Gasteiger partial charge on any atom is -0.290 e. The Morgan fingerprint density at radius 1 is 1.20 bits per heavy atom. The van der Waals surface area contributed by atoms with E-state index in [2.05, 4.69) is 15.3 Å². The molecule has 1 aliphatic rings. The van der Waals surface area contributed by atoms with E-state index in [1.54, 1.807) is 36.5 Å². The van der Waals surface area contributed by atoms with E-state index in [9.17, 15) is 14.4 Å². The van der Waals surface area contributed by atoms with Crippen LogP contribution >= 0.6 is 0 Å². The fraction of sp³-hybridized carbons (Fsp3) is 0.167. The number of amides is 4. The molecule has 1 aromatic heterocycles. The van der Waals surface area contributed by atoms with Gasteiger partial charge in [0.05, 0.1) is 17.9 Å². The van der Waals surface area contributed by atoms with Crippen LogP contribution in [0.4, 0.5) is 10.5 Å². The maximum Gasteiger partial charge on any atom is 0.335 e. The molecule has 0 radical (unpaired) electrons. The first-order valence-electron chi connectivity index (χ1n) is 7.71. The van der Waals surface area contributed by atoms with Gasteiger partial charge in [0.15, 0.2) is 5.92 Å². The van der Waals surface area contributed by atoms with E-state index >= 15 is 0 Å². The number of pyridine rings is 1. The topological polar surface area (TPSA) is 91.7 Å². The molecule has 2 aromatic rings. The average Bonchev–Trinajstić information content (AvgIpc) is 2.58. The zero-order chi connectivity index (χ0) is 17.8. The normalized spacial score (nSPS) is 17.9. The number of urea groups is 1. The summed E-state index contributed by atoms with van der Waals surface area (Å²) in [5, 5.41) is 2.20. The Kier molecular flexibility index (Phi) is 4.65. The molecule has 2 heterocycles. The van der Waals surface area contributed by atoms with Crippen molar-refractivity contribution in [2.45, 2.75) is 13.5 Å². The summed E-state index contributed by atoms with van der Waals surface area (Å²) >= 11 is 0. The van der Waals surface area contributed by atoms with Crippen LogP contribution in [0.15, 0.2) is 53.7 Å². The van der Waals surface area contributed by atoms with Gasteiger partial charge < -0.3 is 0 Å². The number of barbiturate groups is 1. The van der Waals surface area contributed by atoms with Gasteiger partial charge in [0.1, 0.15) is 0 Å². The number of hydrogen-bond acceptors (Lipinski definition) is 5. The van der Waals surface area contributed by atoms with E-state index in [1.165, 1.54) is 6.21 Å². The van der Waals surface area contributed by atoms with Crippen molar-refractivity contribution in [3.05, 3.63) is 59.9 Å². The third-order valence-electron chi connectivity index (χ3n) is 3.70. The first-order valence-corrected chi connectivity index (χ1v) is 7.71. The summed E-state index contributed by atoms with van der Waals surface area (Å²) in [6.07, 6.45) is 2.91. The lowest BCUT2D eigenvalue weighted by atomic mass is 10.1. The summed E-state index contributed by atoms with van der Waals surface area (Å²) in [6, 6.07) is 11.6. The Hall–Kier alpha value is -3.35.